The number of hydrogen-bond acceptors (Lipinski definition) is 6. The first-order chi connectivity index (χ1) is 18.6. The molecule has 5 aliphatic rings. The largest absolute Gasteiger partial charge is 0.508 e. The second-order valence-electron chi connectivity index (χ2n) is 12.7. The minimum Gasteiger partial charge on any atom is -0.508 e. The summed E-state index contributed by atoms with van der Waals surface area (Å²) < 4.78 is 0. The average molecular weight is 533 g/mol. The number of aliphatic hydroxyl groups is 1. The number of phenols is 1. The minimum atomic E-state index is -1.13. The van der Waals surface area contributed by atoms with Gasteiger partial charge >= 0.3 is 0 Å². The summed E-state index contributed by atoms with van der Waals surface area (Å²) in [7, 11) is 0. The Hall–Kier alpha value is -3.17. The monoisotopic (exact) mass is 532 g/mol. The van der Waals surface area contributed by atoms with Crippen molar-refractivity contribution in [1.29, 1.82) is 0 Å². The maximum absolute atomic E-state index is 13.5. The number of likely N-dealkylation sites (tertiary alicyclic amines) is 2. The van der Waals surface area contributed by atoms with Gasteiger partial charge in [-0.05, 0) is 85.8 Å². The third-order valence-corrected chi connectivity index (χ3v) is 10.4. The predicted molar refractivity (Wildman–Crippen MR) is 143 cm³/mol. The molecule has 5 N–H and O–H groups in total. The van der Waals surface area contributed by atoms with Crippen LogP contribution in [0.1, 0.15) is 64.8 Å². The van der Waals surface area contributed by atoms with Crippen LogP contribution >= 0.6 is 0 Å². The fourth-order valence-corrected chi connectivity index (χ4v) is 8.47. The van der Waals surface area contributed by atoms with Crippen LogP contribution in [0.2, 0.25) is 0 Å². The highest BCUT2D eigenvalue weighted by Gasteiger charge is 2.70. The summed E-state index contributed by atoms with van der Waals surface area (Å²) in [6.07, 6.45) is 5.13. The molecule has 0 radical (unpaired) electrons. The normalized spacial score (nSPS) is 33.3. The number of carbonyl (C=O) groups is 2. The maximum atomic E-state index is 13.5. The zero-order valence-corrected chi connectivity index (χ0v) is 22.3. The number of aryl methyl sites for hydroxylation is 1. The Balaban J connectivity index is 1.32. The van der Waals surface area contributed by atoms with Gasteiger partial charge in [-0.25, -0.2) is 0 Å². The van der Waals surface area contributed by atoms with Crippen LogP contribution in [0, 0.1) is 18.8 Å². The second-order valence-corrected chi connectivity index (χ2v) is 12.7. The first-order valence-electron chi connectivity index (χ1n) is 14.2. The number of hydrogen-bond donors (Lipinski definition) is 4. The highest BCUT2D eigenvalue weighted by Crippen LogP contribution is 2.62. The number of aromatic nitrogens is 1. The number of carbonyl (C=O) groups excluding carboxylic acids is 2. The number of aromatic amines is 1. The van der Waals surface area contributed by atoms with Crippen LogP contribution in [0.25, 0.3) is 0 Å². The third kappa shape index (κ3) is 3.55. The van der Waals surface area contributed by atoms with Gasteiger partial charge in [-0.1, -0.05) is 6.07 Å². The Morgan fingerprint density at radius 3 is 2.72 bits per heavy atom. The molecule has 1 aromatic carbocycles. The van der Waals surface area contributed by atoms with Crippen molar-refractivity contribution in [1.82, 2.24) is 14.8 Å². The zero-order chi connectivity index (χ0) is 27.3. The van der Waals surface area contributed by atoms with Gasteiger partial charge in [0.25, 0.3) is 11.5 Å². The summed E-state index contributed by atoms with van der Waals surface area (Å²) in [4.78, 5) is 45.5. The fraction of sp³-hybridized carbons (Fsp3) is 0.567. The molecule has 0 bridgehead atoms. The van der Waals surface area contributed by atoms with Crippen LogP contribution in [-0.2, 0) is 23.1 Å². The van der Waals surface area contributed by atoms with E-state index in [0.29, 0.717) is 44.1 Å². The fourth-order valence-electron chi connectivity index (χ4n) is 8.47. The molecule has 2 saturated heterocycles. The molecule has 9 heteroatoms. The second kappa shape index (κ2) is 8.41. The van der Waals surface area contributed by atoms with Gasteiger partial charge in [0.15, 0.2) is 0 Å². The molecule has 5 unspecified atom stereocenters. The van der Waals surface area contributed by atoms with Crippen LogP contribution < -0.4 is 11.3 Å². The number of pyridine rings is 1. The first-order valence-corrected chi connectivity index (χ1v) is 14.2. The van der Waals surface area contributed by atoms with E-state index in [-0.39, 0.29) is 17.4 Å². The van der Waals surface area contributed by atoms with Crippen LogP contribution in [-0.4, -0.2) is 74.1 Å². The molecule has 39 heavy (non-hydrogen) atoms. The molecule has 0 spiro atoms. The number of nitrogens with zero attached hydrogens (tertiary/aromatic N) is 2. The van der Waals surface area contributed by atoms with Crippen molar-refractivity contribution < 1.29 is 19.8 Å². The summed E-state index contributed by atoms with van der Waals surface area (Å²) in [5, 5.41) is 23.3. The molecule has 7 rings (SSSR count). The lowest BCUT2D eigenvalue weighted by Gasteiger charge is -2.55. The van der Waals surface area contributed by atoms with Crippen molar-refractivity contribution in [2.75, 3.05) is 19.6 Å². The molecule has 2 amide bonds. The number of phenolic OH excluding ortho intramolecular Hbond substituents is 1. The Bertz CT molecular complexity index is 1450. The lowest BCUT2D eigenvalue weighted by molar-refractivity contribution is -0.121. The van der Waals surface area contributed by atoms with Gasteiger partial charge in [-0.2, -0.15) is 0 Å². The van der Waals surface area contributed by atoms with E-state index in [0.717, 1.165) is 41.9 Å². The number of H-pyrrole nitrogens is 1. The van der Waals surface area contributed by atoms with Gasteiger partial charge in [0.2, 0.25) is 5.91 Å². The standard InChI is InChI=1S/C30H36N4O5/c1-16-4-7-20(35)10-22(16)29-11-19-15-33(14-17-5-6-17)25(19)30(29,39)12-18-9-21(27(37)32-23(18)13-29)28(38)34-8-2-3-24(34)26(31)36/h4,7,9-10,17,19,24-25,35,39H,2-3,5-6,8,11-15H2,1H3,(H2,31,36)(H,32,37). The number of amides is 2. The molecule has 5 atom stereocenters. The van der Waals surface area contributed by atoms with E-state index in [1.807, 2.05) is 13.0 Å². The number of fused-ring (bicyclic) bond motifs is 4. The van der Waals surface area contributed by atoms with E-state index < -0.39 is 34.4 Å². The van der Waals surface area contributed by atoms with Gasteiger partial charge in [0.1, 0.15) is 17.4 Å². The number of nitrogens with two attached hydrogens (primary N) is 1. The number of rotatable bonds is 5. The van der Waals surface area contributed by atoms with Crippen molar-refractivity contribution in [3.8, 4) is 5.75 Å². The predicted octanol–water partition coefficient (Wildman–Crippen LogP) is 1.36. The van der Waals surface area contributed by atoms with Gasteiger partial charge in [0, 0.05) is 49.6 Å². The summed E-state index contributed by atoms with van der Waals surface area (Å²) >= 11 is 0. The quantitative estimate of drug-likeness (QED) is 0.459. The van der Waals surface area contributed by atoms with E-state index in [4.69, 9.17) is 5.73 Å². The van der Waals surface area contributed by atoms with E-state index in [1.54, 1.807) is 18.2 Å². The van der Waals surface area contributed by atoms with Crippen LogP contribution in [0.4, 0.5) is 0 Å². The average Bonchev–Trinajstić information content (AvgIpc) is 3.50. The molecule has 2 saturated carbocycles. The highest BCUT2D eigenvalue weighted by molar-refractivity contribution is 5.97. The maximum Gasteiger partial charge on any atom is 0.261 e. The lowest BCUT2D eigenvalue weighted by Crippen LogP contribution is -2.68. The highest BCUT2D eigenvalue weighted by atomic mass is 16.3. The Kier molecular flexibility index (Phi) is 5.36. The topological polar surface area (TPSA) is 140 Å². The number of nitrogens with one attached hydrogen (secondary N) is 1. The van der Waals surface area contributed by atoms with Crippen molar-refractivity contribution in [3.63, 3.8) is 0 Å². The molecule has 9 nitrogen and oxygen atoms in total. The van der Waals surface area contributed by atoms with Gasteiger partial charge in [-0.15, -0.1) is 0 Å². The minimum absolute atomic E-state index is 0.00970. The Morgan fingerprint density at radius 2 is 1.97 bits per heavy atom. The molecule has 206 valence electrons. The Labute approximate surface area is 227 Å². The van der Waals surface area contributed by atoms with Crippen LogP contribution in [0.15, 0.2) is 29.1 Å². The summed E-state index contributed by atoms with van der Waals surface area (Å²) in [5.41, 5.74) is 6.67. The van der Waals surface area contributed by atoms with Crippen molar-refractivity contribution in [3.05, 3.63) is 62.6 Å². The Morgan fingerprint density at radius 1 is 1.18 bits per heavy atom. The molecule has 1 aromatic heterocycles. The molecule has 2 aliphatic heterocycles. The van der Waals surface area contributed by atoms with E-state index in [9.17, 15) is 24.6 Å². The molecule has 4 fully saturated rings. The number of primary amides is 1. The van der Waals surface area contributed by atoms with Gasteiger partial charge < -0.3 is 25.8 Å². The van der Waals surface area contributed by atoms with Gasteiger partial charge in [-0.3, -0.25) is 19.3 Å². The summed E-state index contributed by atoms with van der Waals surface area (Å²) in [5.74, 6) is 0.127. The van der Waals surface area contributed by atoms with Crippen LogP contribution in [0.3, 0.4) is 0 Å². The lowest BCUT2D eigenvalue weighted by atomic mass is 9.59. The van der Waals surface area contributed by atoms with E-state index >= 15 is 0 Å². The molecule has 3 aliphatic carbocycles. The molecule has 2 aromatic rings. The van der Waals surface area contributed by atoms with E-state index in [2.05, 4.69) is 9.88 Å². The van der Waals surface area contributed by atoms with Gasteiger partial charge in [0.05, 0.1) is 5.60 Å². The summed E-state index contributed by atoms with van der Waals surface area (Å²) in [6, 6.07) is 6.27. The number of aromatic hydroxyl groups is 1. The molecular formula is C30H36N4O5. The smallest absolute Gasteiger partial charge is 0.261 e. The first kappa shape index (κ1) is 24.8. The molecule has 3 heterocycles. The SMILES string of the molecule is Cc1ccc(O)cc1C12Cc3[nH]c(=O)c(C(=O)N4CCCC4C(N)=O)cc3CC1(O)C1C(CN1CC1CC1)C2. The van der Waals surface area contributed by atoms with Crippen molar-refractivity contribution in [2.45, 2.75) is 75.0 Å². The number of benzene rings is 1. The van der Waals surface area contributed by atoms with Crippen molar-refractivity contribution in [2.24, 2.45) is 17.6 Å². The zero-order valence-electron chi connectivity index (χ0n) is 22.3. The summed E-state index contributed by atoms with van der Waals surface area (Å²) in [6.45, 7) is 4.33. The molecular weight excluding hydrogens is 496 g/mol. The van der Waals surface area contributed by atoms with Crippen LogP contribution in [0.5, 0.6) is 5.75 Å². The van der Waals surface area contributed by atoms with E-state index in [1.165, 1.54) is 17.7 Å². The van der Waals surface area contributed by atoms with Crippen molar-refractivity contribution >= 4 is 11.8 Å². The third-order valence-electron chi connectivity index (χ3n) is 10.4.